The molecule has 0 unspecified atom stereocenters. The highest BCUT2D eigenvalue weighted by atomic mass is 79.9. The second kappa shape index (κ2) is 11.5. The average molecular weight is 565 g/mol. The number of carbonyl (C=O) groups excluding carboxylic acids is 2. The lowest BCUT2D eigenvalue weighted by molar-refractivity contribution is -0.122. The van der Waals surface area contributed by atoms with Gasteiger partial charge in [-0.1, -0.05) is 53.2 Å². The first-order valence-corrected chi connectivity index (χ1v) is 12.7. The predicted molar refractivity (Wildman–Crippen MR) is 148 cm³/mol. The fraction of sp³-hybridized carbons (Fsp3) is 0.179. The van der Waals surface area contributed by atoms with Gasteiger partial charge >= 0.3 is 0 Å². The van der Waals surface area contributed by atoms with Gasteiger partial charge in [0.1, 0.15) is 12.2 Å². The monoisotopic (exact) mass is 564 g/mol. The van der Waals surface area contributed by atoms with E-state index >= 15 is 0 Å². The zero-order chi connectivity index (χ0) is 25.7. The number of nitrogens with one attached hydrogen (secondary N) is 1. The summed E-state index contributed by atoms with van der Waals surface area (Å²) in [5, 5.41) is 2.67. The number of amides is 2. The van der Waals surface area contributed by atoms with Gasteiger partial charge < -0.3 is 9.47 Å². The molecule has 1 aliphatic rings. The molecule has 3 aromatic rings. The standard InChI is InChI=1S/C28H25BrN2O4S/c1-3-18-7-12-22(13-8-18)31-27(33)23(26(32)30-28(31)36)15-20-9-14-24(25(16-20)34-4-2)35-17-19-5-10-21(29)11-6-19/h5-16H,3-4,17H2,1-2H3,(H,30,32,36)/b23-15+. The third-order valence-electron chi connectivity index (χ3n) is 5.59. The van der Waals surface area contributed by atoms with Crippen molar-refractivity contribution in [3.8, 4) is 11.5 Å². The number of halogens is 1. The van der Waals surface area contributed by atoms with Crippen LogP contribution in [-0.2, 0) is 22.6 Å². The number of aryl methyl sites for hydroxylation is 1. The van der Waals surface area contributed by atoms with E-state index in [-0.39, 0.29) is 10.7 Å². The first-order valence-electron chi connectivity index (χ1n) is 11.5. The van der Waals surface area contributed by atoms with Crippen LogP contribution in [0.2, 0.25) is 0 Å². The van der Waals surface area contributed by atoms with Gasteiger partial charge in [0.2, 0.25) is 0 Å². The van der Waals surface area contributed by atoms with E-state index < -0.39 is 11.8 Å². The number of anilines is 1. The van der Waals surface area contributed by atoms with Crippen LogP contribution in [0.25, 0.3) is 6.08 Å². The van der Waals surface area contributed by atoms with Crippen LogP contribution in [0.1, 0.15) is 30.5 Å². The molecule has 1 aliphatic heterocycles. The van der Waals surface area contributed by atoms with Gasteiger partial charge in [-0.05, 0) is 84.7 Å². The minimum Gasteiger partial charge on any atom is -0.490 e. The summed E-state index contributed by atoms with van der Waals surface area (Å²) in [6.45, 7) is 4.74. The summed E-state index contributed by atoms with van der Waals surface area (Å²) in [7, 11) is 0. The maximum Gasteiger partial charge on any atom is 0.270 e. The van der Waals surface area contributed by atoms with Gasteiger partial charge in [-0.3, -0.25) is 19.8 Å². The van der Waals surface area contributed by atoms with Crippen LogP contribution in [0.5, 0.6) is 11.5 Å². The van der Waals surface area contributed by atoms with E-state index in [9.17, 15) is 9.59 Å². The Labute approximate surface area is 224 Å². The van der Waals surface area contributed by atoms with E-state index in [2.05, 4.69) is 28.2 Å². The molecule has 1 N–H and O–H groups in total. The molecule has 6 nitrogen and oxygen atoms in total. The van der Waals surface area contributed by atoms with Gasteiger partial charge in [0.25, 0.3) is 11.8 Å². The Hall–Kier alpha value is -3.49. The van der Waals surface area contributed by atoms with Crippen molar-refractivity contribution < 1.29 is 19.1 Å². The number of thiocarbonyl (C=S) groups is 1. The summed E-state index contributed by atoms with van der Waals surface area (Å²) in [4.78, 5) is 27.3. The molecule has 0 atom stereocenters. The quantitative estimate of drug-likeness (QED) is 0.212. The molecule has 8 heteroatoms. The minimum atomic E-state index is -0.542. The maximum absolute atomic E-state index is 13.3. The van der Waals surface area contributed by atoms with Gasteiger partial charge in [0, 0.05) is 4.47 Å². The Kier molecular flexibility index (Phi) is 8.18. The molecule has 1 fully saturated rings. The average Bonchev–Trinajstić information content (AvgIpc) is 2.87. The first kappa shape index (κ1) is 25.6. The number of hydrogen-bond donors (Lipinski definition) is 1. The highest BCUT2D eigenvalue weighted by Gasteiger charge is 2.34. The third kappa shape index (κ3) is 5.83. The number of carbonyl (C=O) groups is 2. The Bertz CT molecular complexity index is 1320. The maximum atomic E-state index is 13.3. The molecular formula is C28H25BrN2O4S. The molecule has 1 heterocycles. The molecule has 2 amide bonds. The molecule has 184 valence electrons. The summed E-state index contributed by atoms with van der Waals surface area (Å²) in [5.41, 5.74) is 3.36. The Balaban J connectivity index is 1.59. The summed E-state index contributed by atoms with van der Waals surface area (Å²) in [6.07, 6.45) is 2.42. The SMILES string of the molecule is CCOc1cc(/C=C2\C(=O)NC(=S)N(c3ccc(CC)cc3)C2=O)ccc1OCc1ccc(Br)cc1. The number of rotatable bonds is 8. The normalized spacial score (nSPS) is 14.7. The Morgan fingerprint density at radius 3 is 2.28 bits per heavy atom. The summed E-state index contributed by atoms with van der Waals surface area (Å²) in [5.74, 6) is 0.0665. The van der Waals surface area contributed by atoms with E-state index in [1.54, 1.807) is 18.2 Å². The van der Waals surface area contributed by atoms with Crippen LogP contribution in [0, 0.1) is 0 Å². The van der Waals surface area contributed by atoms with Gasteiger partial charge in [-0.2, -0.15) is 0 Å². The molecule has 36 heavy (non-hydrogen) atoms. The molecule has 1 saturated heterocycles. The predicted octanol–water partition coefficient (Wildman–Crippen LogP) is 5.82. The van der Waals surface area contributed by atoms with Crippen molar-refractivity contribution in [2.75, 3.05) is 11.5 Å². The lowest BCUT2D eigenvalue weighted by Crippen LogP contribution is -2.54. The van der Waals surface area contributed by atoms with Crippen molar-refractivity contribution in [1.29, 1.82) is 0 Å². The van der Waals surface area contributed by atoms with Crippen molar-refractivity contribution in [3.05, 3.63) is 93.5 Å². The zero-order valence-electron chi connectivity index (χ0n) is 19.9. The second-order valence-corrected chi connectivity index (χ2v) is 9.33. The molecule has 0 aromatic heterocycles. The summed E-state index contributed by atoms with van der Waals surface area (Å²) >= 11 is 8.73. The Morgan fingerprint density at radius 2 is 1.61 bits per heavy atom. The summed E-state index contributed by atoms with van der Waals surface area (Å²) in [6, 6.07) is 20.7. The van der Waals surface area contributed by atoms with Crippen LogP contribution >= 0.6 is 28.1 Å². The van der Waals surface area contributed by atoms with Crippen LogP contribution in [0.15, 0.2) is 76.8 Å². The lowest BCUT2D eigenvalue weighted by Gasteiger charge is -2.29. The molecule has 0 bridgehead atoms. The summed E-state index contributed by atoms with van der Waals surface area (Å²) < 4.78 is 12.8. The smallest absolute Gasteiger partial charge is 0.270 e. The van der Waals surface area contributed by atoms with E-state index in [0.717, 1.165) is 22.0 Å². The highest BCUT2D eigenvalue weighted by molar-refractivity contribution is 9.10. The Morgan fingerprint density at radius 1 is 0.917 bits per heavy atom. The van der Waals surface area contributed by atoms with Crippen LogP contribution in [0.3, 0.4) is 0 Å². The van der Waals surface area contributed by atoms with Crippen molar-refractivity contribution in [2.45, 2.75) is 26.9 Å². The fourth-order valence-corrected chi connectivity index (χ4v) is 4.23. The molecule has 3 aromatic carbocycles. The number of benzene rings is 3. The molecular weight excluding hydrogens is 540 g/mol. The number of hydrogen-bond acceptors (Lipinski definition) is 5. The molecule has 0 saturated carbocycles. The number of nitrogens with zero attached hydrogens (tertiary/aromatic N) is 1. The van der Waals surface area contributed by atoms with Crippen LogP contribution < -0.4 is 19.7 Å². The van der Waals surface area contributed by atoms with Crippen LogP contribution in [-0.4, -0.2) is 23.5 Å². The fourth-order valence-electron chi connectivity index (χ4n) is 3.68. The largest absolute Gasteiger partial charge is 0.490 e. The molecule has 0 spiro atoms. The van der Waals surface area contributed by atoms with Gasteiger partial charge in [0.15, 0.2) is 16.6 Å². The molecule has 4 rings (SSSR count). The molecule has 0 aliphatic carbocycles. The van der Waals surface area contributed by atoms with Crippen molar-refractivity contribution in [2.24, 2.45) is 0 Å². The number of ether oxygens (including phenoxy) is 2. The van der Waals surface area contributed by atoms with Gasteiger partial charge in [0.05, 0.1) is 12.3 Å². The zero-order valence-corrected chi connectivity index (χ0v) is 22.3. The minimum absolute atomic E-state index is 0.0193. The highest BCUT2D eigenvalue weighted by Crippen LogP contribution is 2.31. The van der Waals surface area contributed by atoms with Gasteiger partial charge in [-0.25, -0.2) is 0 Å². The van der Waals surface area contributed by atoms with E-state index in [1.165, 1.54) is 11.0 Å². The topological polar surface area (TPSA) is 67.9 Å². The van der Waals surface area contributed by atoms with E-state index in [0.29, 0.717) is 36.0 Å². The van der Waals surface area contributed by atoms with Crippen LogP contribution in [0.4, 0.5) is 5.69 Å². The first-order chi connectivity index (χ1) is 17.4. The van der Waals surface area contributed by atoms with E-state index in [1.807, 2.05) is 55.5 Å². The van der Waals surface area contributed by atoms with Crippen molar-refractivity contribution in [1.82, 2.24) is 5.32 Å². The molecule has 0 radical (unpaired) electrons. The third-order valence-corrected chi connectivity index (χ3v) is 6.40. The van der Waals surface area contributed by atoms with Gasteiger partial charge in [-0.15, -0.1) is 0 Å². The van der Waals surface area contributed by atoms with Crippen molar-refractivity contribution in [3.63, 3.8) is 0 Å². The second-order valence-electron chi connectivity index (χ2n) is 8.03. The lowest BCUT2D eigenvalue weighted by atomic mass is 10.1. The van der Waals surface area contributed by atoms with E-state index in [4.69, 9.17) is 21.7 Å². The van der Waals surface area contributed by atoms with Crippen molar-refractivity contribution >= 4 is 56.8 Å².